The van der Waals surface area contributed by atoms with Gasteiger partial charge in [-0.2, -0.15) is 30.9 Å². The van der Waals surface area contributed by atoms with Gasteiger partial charge in [0.1, 0.15) is 5.69 Å². The van der Waals surface area contributed by atoms with Crippen LogP contribution in [0.4, 0.5) is 13.2 Å². The van der Waals surface area contributed by atoms with Crippen LogP contribution in [0.5, 0.6) is 0 Å². The minimum atomic E-state index is -4.51. The number of alkyl halides is 3. The van der Waals surface area contributed by atoms with Crippen LogP contribution in [0.2, 0.25) is 0 Å². The average Bonchev–Trinajstić information content (AvgIpc) is 2.94. The van der Waals surface area contributed by atoms with Crippen molar-refractivity contribution in [3.63, 3.8) is 0 Å². The van der Waals surface area contributed by atoms with Crippen molar-refractivity contribution >= 4 is 18.5 Å². The van der Waals surface area contributed by atoms with E-state index >= 15 is 0 Å². The topological polar surface area (TPSA) is 46.9 Å². The second kappa shape index (κ2) is 6.21. The van der Waals surface area contributed by atoms with Crippen molar-refractivity contribution in [2.24, 2.45) is 0 Å². The fourth-order valence-corrected chi connectivity index (χ4v) is 1.89. The van der Waals surface area contributed by atoms with Gasteiger partial charge in [-0.3, -0.25) is 4.79 Å². The van der Waals surface area contributed by atoms with Crippen molar-refractivity contribution in [1.82, 2.24) is 15.1 Å². The average molecular weight is 315 g/mol. The van der Waals surface area contributed by atoms with Gasteiger partial charge in [-0.25, -0.2) is 4.68 Å². The van der Waals surface area contributed by atoms with Crippen LogP contribution in [0.1, 0.15) is 16.1 Å². The predicted octanol–water partition coefficient (Wildman–Crippen LogP) is 2.55. The molecular weight excluding hydrogens is 303 g/mol. The molecule has 1 aromatic carbocycles. The number of benzene rings is 1. The Morgan fingerprint density at radius 1 is 1.33 bits per heavy atom. The minimum Gasteiger partial charge on any atom is -0.351 e. The molecule has 0 saturated carbocycles. The van der Waals surface area contributed by atoms with Crippen molar-refractivity contribution in [3.8, 4) is 5.69 Å². The van der Waals surface area contributed by atoms with E-state index in [0.29, 0.717) is 12.3 Å². The van der Waals surface area contributed by atoms with Gasteiger partial charge in [-0.1, -0.05) is 6.07 Å². The van der Waals surface area contributed by atoms with Crippen molar-refractivity contribution in [1.29, 1.82) is 0 Å². The van der Waals surface area contributed by atoms with Crippen molar-refractivity contribution < 1.29 is 18.0 Å². The van der Waals surface area contributed by atoms with Crippen molar-refractivity contribution in [3.05, 3.63) is 47.8 Å². The normalized spacial score (nSPS) is 11.4. The third-order valence-corrected chi connectivity index (χ3v) is 2.91. The first-order chi connectivity index (χ1) is 9.93. The first-order valence-electron chi connectivity index (χ1n) is 6.04. The molecule has 112 valence electrons. The Balaban J connectivity index is 2.34. The number of amides is 1. The Morgan fingerprint density at radius 3 is 2.76 bits per heavy atom. The van der Waals surface area contributed by atoms with Crippen LogP contribution in [-0.4, -0.2) is 28.0 Å². The highest BCUT2D eigenvalue weighted by atomic mass is 32.1. The molecule has 1 heterocycles. The Labute approximate surface area is 124 Å². The fraction of sp³-hybridized carbons (Fsp3) is 0.231. The van der Waals surface area contributed by atoms with E-state index in [1.165, 1.54) is 24.3 Å². The first-order valence-corrected chi connectivity index (χ1v) is 6.67. The monoisotopic (exact) mass is 315 g/mol. The predicted molar refractivity (Wildman–Crippen MR) is 74.8 cm³/mol. The molecule has 0 unspecified atom stereocenters. The van der Waals surface area contributed by atoms with Crippen molar-refractivity contribution in [2.75, 3.05) is 12.3 Å². The molecule has 0 radical (unpaired) electrons. The lowest BCUT2D eigenvalue weighted by atomic mass is 10.2. The zero-order valence-electron chi connectivity index (χ0n) is 10.8. The molecule has 0 aliphatic heterocycles. The maximum absolute atomic E-state index is 12.8. The van der Waals surface area contributed by atoms with E-state index in [1.807, 2.05) is 0 Å². The Morgan fingerprint density at radius 2 is 2.10 bits per heavy atom. The lowest BCUT2D eigenvalue weighted by Gasteiger charge is -2.11. The summed E-state index contributed by atoms with van der Waals surface area (Å²) in [6.45, 7) is 0.377. The van der Waals surface area contributed by atoms with Crippen LogP contribution in [0.15, 0.2) is 36.5 Å². The number of hydrogen-bond acceptors (Lipinski definition) is 3. The molecule has 4 nitrogen and oxygen atoms in total. The van der Waals surface area contributed by atoms with E-state index in [1.54, 1.807) is 0 Å². The van der Waals surface area contributed by atoms with Crippen LogP contribution >= 0.6 is 12.6 Å². The van der Waals surface area contributed by atoms with Gasteiger partial charge in [0.05, 0.1) is 11.9 Å². The number of halogens is 3. The number of carbonyl (C=O) groups excluding carboxylic acids is 1. The second-order valence-corrected chi connectivity index (χ2v) is 4.60. The van der Waals surface area contributed by atoms with Gasteiger partial charge < -0.3 is 5.32 Å². The van der Waals surface area contributed by atoms with Crippen LogP contribution in [-0.2, 0) is 6.18 Å². The maximum Gasteiger partial charge on any atom is 0.433 e. The largest absolute Gasteiger partial charge is 0.433 e. The number of hydrogen-bond donors (Lipinski definition) is 2. The van der Waals surface area contributed by atoms with Gasteiger partial charge in [-0.15, -0.1) is 0 Å². The molecule has 0 aliphatic carbocycles. The van der Waals surface area contributed by atoms with E-state index < -0.39 is 11.9 Å². The van der Waals surface area contributed by atoms with E-state index in [0.717, 1.165) is 16.9 Å². The number of nitrogens with one attached hydrogen (secondary N) is 1. The van der Waals surface area contributed by atoms with E-state index in [2.05, 4.69) is 23.0 Å². The lowest BCUT2D eigenvalue weighted by molar-refractivity contribution is -0.142. The summed E-state index contributed by atoms with van der Waals surface area (Å²) in [5.41, 5.74) is -0.459. The molecule has 0 saturated heterocycles. The summed E-state index contributed by atoms with van der Waals surface area (Å²) in [5.74, 6) is 0.106. The zero-order valence-corrected chi connectivity index (χ0v) is 11.7. The Hall–Kier alpha value is -1.96. The number of carbonyl (C=O) groups is 1. The molecule has 1 N–H and O–H groups in total. The van der Waals surface area contributed by atoms with Crippen LogP contribution in [0.25, 0.3) is 5.69 Å². The minimum absolute atomic E-state index is 0.172. The first kappa shape index (κ1) is 15.4. The Bertz CT molecular complexity index is 640. The summed E-state index contributed by atoms with van der Waals surface area (Å²) >= 11 is 3.97. The number of aromatic nitrogens is 2. The number of nitrogens with zero attached hydrogens (tertiary/aromatic N) is 2. The van der Waals surface area contributed by atoms with Crippen LogP contribution in [0, 0.1) is 0 Å². The molecule has 0 fully saturated rings. The summed E-state index contributed by atoms with van der Waals surface area (Å²) in [7, 11) is 0. The highest BCUT2D eigenvalue weighted by Gasteiger charge is 2.35. The molecule has 21 heavy (non-hydrogen) atoms. The molecule has 1 amide bonds. The van der Waals surface area contributed by atoms with Crippen molar-refractivity contribution in [2.45, 2.75) is 6.18 Å². The SMILES string of the molecule is O=C(NCCS)c1cccc(-n2nccc2C(F)(F)F)c1. The molecule has 2 rings (SSSR count). The van der Waals surface area contributed by atoms with Gasteiger partial charge in [0.25, 0.3) is 5.91 Å². The van der Waals surface area contributed by atoms with Gasteiger partial charge in [0, 0.05) is 17.9 Å². The van der Waals surface area contributed by atoms with Gasteiger partial charge in [0.2, 0.25) is 0 Å². The standard InChI is InChI=1S/C13H12F3N3OS/c14-13(15,16)11-4-5-18-19(11)10-3-1-2-9(8-10)12(20)17-6-7-21/h1-5,8,21H,6-7H2,(H,17,20). The van der Waals surface area contributed by atoms with Gasteiger partial charge in [0.15, 0.2) is 0 Å². The summed E-state index contributed by atoms with van der Waals surface area (Å²) in [6.07, 6.45) is -3.45. The van der Waals surface area contributed by atoms with Crippen LogP contribution in [0.3, 0.4) is 0 Å². The Kier molecular flexibility index (Phi) is 4.56. The molecular formula is C13H12F3N3OS. The molecule has 0 spiro atoms. The van der Waals surface area contributed by atoms with Gasteiger partial charge >= 0.3 is 6.18 Å². The molecule has 0 bridgehead atoms. The third kappa shape index (κ3) is 3.57. The lowest BCUT2D eigenvalue weighted by Crippen LogP contribution is -2.25. The highest BCUT2D eigenvalue weighted by molar-refractivity contribution is 7.80. The molecule has 8 heteroatoms. The van der Waals surface area contributed by atoms with E-state index in [-0.39, 0.29) is 17.2 Å². The summed E-state index contributed by atoms with van der Waals surface area (Å²) in [6, 6.07) is 6.72. The summed E-state index contributed by atoms with van der Waals surface area (Å²) in [5, 5.41) is 6.27. The summed E-state index contributed by atoms with van der Waals surface area (Å²) < 4.78 is 39.3. The number of rotatable bonds is 4. The molecule has 2 aromatic rings. The van der Waals surface area contributed by atoms with Crippen LogP contribution < -0.4 is 5.32 Å². The smallest absolute Gasteiger partial charge is 0.351 e. The molecule has 0 atom stereocenters. The molecule has 1 aromatic heterocycles. The quantitative estimate of drug-likeness (QED) is 0.852. The number of thiol groups is 1. The molecule has 0 aliphatic rings. The summed E-state index contributed by atoms with van der Waals surface area (Å²) in [4.78, 5) is 11.8. The van der Waals surface area contributed by atoms with E-state index in [9.17, 15) is 18.0 Å². The van der Waals surface area contributed by atoms with E-state index in [4.69, 9.17) is 0 Å². The highest BCUT2D eigenvalue weighted by Crippen LogP contribution is 2.30. The fourth-order valence-electron chi connectivity index (χ4n) is 1.77. The van der Waals surface area contributed by atoms with Gasteiger partial charge in [-0.05, 0) is 24.3 Å². The zero-order chi connectivity index (χ0) is 15.5. The maximum atomic E-state index is 12.8. The third-order valence-electron chi connectivity index (χ3n) is 2.68. The second-order valence-electron chi connectivity index (χ2n) is 4.16.